The molecule has 2 heterocycles. The van der Waals surface area contributed by atoms with Crippen molar-refractivity contribution in [2.75, 3.05) is 12.4 Å². The minimum atomic E-state index is -0.343. The summed E-state index contributed by atoms with van der Waals surface area (Å²) in [6, 6.07) is 12.9. The Labute approximate surface area is 185 Å². The standard InChI is InChI=1S/C24H23ClN4O2/c1-13-8-15(3)23-18(9-13)14(2)10-21(26-23)29-22(11-16(4)28-29)27-24(30)19-12-17(25)6-7-20(19)31-5/h6-12H,1-5H3,(H,27,30). The number of pyridine rings is 1. The maximum absolute atomic E-state index is 13.0. The molecule has 0 radical (unpaired) electrons. The lowest BCUT2D eigenvalue weighted by Crippen LogP contribution is -2.16. The summed E-state index contributed by atoms with van der Waals surface area (Å²) in [5, 5.41) is 9.05. The number of anilines is 1. The number of amides is 1. The highest BCUT2D eigenvalue weighted by molar-refractivity contribution is 6.31. The van der Waals surface area contributed by atoms with E-state index in [1.807, 2.05) is 19.9 Å². The van der Waals surface area contributed by atoms with Crippen molar-refractivity contribution in [1.29, 1.82) is 0 Å². The number of carbonyl (C=O) groups excluding carboxylic acids is 1. The van der Waals surface area contributed by atoms with Crippen molar-refractivity contribution in [3.8, 4) is 11.6 Å². The first-order valence-corrected chi connectivity index (χ1v) is 10.2. The van der Waals surface area contributed by atoms with E-state index in [0.29, 0.717) is 28.0 Å². The topological polar surface area (TPSA) is 69.0 Å². The van der Waals surface area contributed by atoms with Crippen molar-refractivity contribution in [3.63, 3.8) is 0 Å². The fourth-order valence-electron chi connectivity index (χ4n) is 3.74. The van der Waals surface area contributed by atoms with Gasteiger partial charge in [-0.05, 0) is 69.2 Å². The summed E-state index contributed by atoms with van der Waals surface area (Å²) in [6.07, 6.45) is 0. The van der Waals surface area contributed by atoms with E-state index in [1.54, 1.807) is 28.9 Å². The predicted octanol–water partition coefficient (Wildman–Crippen LogP) is 5.57. The van der Waals surface area contributed by atoms with E-state index < -0.39 is 0 Å². The first-order valence-electron chi connectivity index (χ1n) is 9.87. The van der Waals surface area contributed by atoms with Crippen LogP contribution in [0.5, 0.6) is 5.75 Å². The van der Waals surface area contributed by atoms with Crippen molar-refractivity contribution < 1.29 is 9.53 Å². The molecular weight excluding hydrogens is 412 g/mol. The van der Waals surface area contributed by atoms with Crippen LogP contribution in [0.2, 0.25) is 5.02 Å². The Balaban J connectivity index is 1.78. The number of halogens is 1. The molecule has 7 heteroatoms. The maximum Gasteiger partial charge on any atom is 0.260 e. The molecule has 0 fully saturated rings. The second-order valence-electron chi connectivity index (χ2n) is 7.66. The average molecular weight is 435 g/mol. The van der Waals surface area contributed by atoms with Gasteiger partial charge in [-0.2, -0.15) is 9.78 Å². The summed E-state index contributed by atoms with van der Waals surface area (Å²) in [6.45, 7) is 8.05. The molecule has 0 bridgehead atoms. The fourth-order valence-corrected chi connectivity index (χ4v) is 3.91. The number of aryl methyl sites for hydroxylation is 4. The lowest BCUT2D eigenvalue weighted by atomic mass is 10.0. The highest BCUT2D eigenvalue weighted by Gasteiger charge is 2.18. The molecule has 6 nitrogen and oxygen atoms in total. The molecule has 0 unspecified atom stereocenters. The Morgan fingerprint density at radius 3 is 2.55 bits per heavy atom. The van der Waals surface area contributed by atoms with Crippen LogP contribution < -0.4 is 10.1 Å². The smallest absolute Gasteiger partial charge is 0.260 e. The van der Waals surface area contributed by atoms with Crippen LogP contribution >= 0.6 is 11.6 Å². The van der Waals surface area contributed by atoms with E-state index in [-0.39, 0.29) is 5.91 Å². The normalized spacial score (nSPS) is 11.0. The predicted molar refractivity (Wildman–Crippen MR) is 124 cm³/mol. The zero-order valence-electron chi connectivity index (χ0n) is 18.1. The van der Waals surface area contributed by atoms with Gasteiger partial charge in [0.2, 0.25) is 0 Å². The molecule has 158 valence electrons. The second kappa shape index (κ2) is 8.04. The molecule has 4 rings (SSSR count). The van der Waals surface area contributed by atoms with E-state index in [4.69, 9.17) is 21.3 Å². The van der Waals surface area contributed by atoms with Gasteiger partial charge >= 0.3 is 0 Å². The highest BCUT2D eigenvalue weighted by atomic mass is 35.5. The van der Waals surface area contributed by atoms with Crippen LogP contribution in [0.25, 0.3) is 16.7 Å². The monoisotopic (exact) mass is 434 g/mol. The van der Waals surface area contributed by atoms with Crippen molar-refractivity contribution >= 4 is 34.2 Å². The number of nitrogens with one attached hydrogen (secondary N) is 1. The van der Waals surface area contributed by atoms with E-state index in [0.717, 1.165) is 27.7 Å². The number of nitrogens with zero attached hydrogens (tertiary/aromatic N) is 3. The van der Waals surface area contributed by atoms with Gasteiger partial charge in [0.1, 0.15) is 11.6 Å². The molecule has 1 N–H and O–H groups in total. The van der Waals surface area contributed by atoms with Crippen molar-refractivity contribution in [2.45, 2.75) is 27.7 Å². The van der Waals surface area contributed by atoms with Gasteiger partial charge in [-0.25, -0.2) is 4.98 Å². The van der Waals surface area contributed by atoms with Gasteiger partial charge in [0, 0.05) is 16.5 Å². The fraction of sp³-hybridized carbons (Fsp3) is 0.208. The van der Waals surface area contributed by atoms with Crippen LogP contribution in [0.3, 0.4) is 0 Å². The third kappa shape index (κ3) is 3.99. The average Bonchev–Trinajstić information content (AvgIpc) is 3.08. The summed E-state index contributed by atoms with van der Waals surface area (Å²) in [7, 11) is 1.51. The second-order valence-corrected chi connectivity index (χ2v) is 8.09. The number of ether oxygens (including phenoxy) is 1. The lowest BCUT2D eigenvalue weighted by molar-refractivity contribution is 0.102. The Morgan fingerprint density at radius 2 is 1.81 bits per heavy atom. The minimum absolute atomic E-state index is 0.342. The molecule has 31 heavy (non-hydrogen) atoms. The Hall–Kier alpha value is -3.38. The molecule has 0 saturated heterocycles. The largest absolute Gasteiger partial charge is 0.496 e. The maximum atomic E-state index is 13.0. The molecular formula is C24H23ClN4O2. The van der Waals surface area contributed by atoms with Crippen LogP contribution in [-0.4, -0.2) is 27.8 Å². The van der Waals surface area contributed by atoms with Crippen LogP contribution in [0.1, 0.15) is 32.7 Å². The minimum Gasteiger partial charge on any atom is -0.496 e. The molecule has 0 atom stereocenters. The van der Waals surface area contributed by atoms with Gasteiger partial charge in [-0.3, -0.25) is 4.79 Å². The number of benzene rings is 2. The van der Waals surface area contributed by atoms with E-state index >= 15 is 0 Å². The summed E-state index contributed by atoms with van der Waals surface area (Å²) in [4.78, 5) is 17.9. The van der Waals surface area contributed by atoms with Crippen molar-refractivity contribution in [1.82, 2.24) is 14.8 Å². The van der Waals surface area contributed by atoms with Gasteiger partial charge < -0.3 is 10.1 Å². The molecule has 0 aliphatic heterocycles. The van der Waals surface area contributed by atoms with Crippen LogP contribution in [-0.2, 0) is 0 Å². The van der Waals surface area contributed by atoms with Gasteiger partial charge in [0.15, 0.2) is 5.82 Å². The van der Waals surface area contributed by atoms with Crippen molar-refractivity contribution in [3.05, 3.63) is 75.4 Å². The van der Waals surface area contributed by atoms with E-state index in [2.05, 4.69) is 36.4 Å². The Bertz CT molecular complexity index is 1330. The zero-order chi connectivity index (χ0) is 22.3. The third-order valence-corrected chi connectivity index (χ3v) is 5.37. The van der Waals surface area contributed by atoms with Gasteiger partial charge in [0.25, 0.3) is 5.91 Å². The number of methoxy groups -OCH3 is 1. The Morgan fingerprint density at radius 1 is 1.03 bits per heavy atom. The molecule has 0 aliphatic carbocycles. The molecule has 0 saturated carbocycles. The van der Waals surface area contributed by atoms with E-state index in [1.165, 1.54) is 12.7 Å². The van der Waals surface area contributed by atoms with E-state index in [9.17, 15) is 4.79 Å². The van der Waals surface area contributed by atoms with Gasteiger partial charge in [0.05, 0.1) is 23.9 Å². The number of aromatic nitrogens is 3. The number of fused-ring (bicyclic) bond motifs is 1. The number of carbonyl (C=O) groups is 1. The summed E-state index contributed by atoms with van der Waals surface area (Å²) in [5.74, 6) is 1.25. The summed E-state index contributed by atoms with van der Waals surface area (Å²) in [5.41, 5.74) is 5.40. The third-order valence-electron chi connectivity index (χ3n) is 5.14. The summed E-state index contributed by atoms with van der Waals surface area (Å²) >= 11 is 6.09. The van der Waals surface area contributed by atoms with Gasteiger partial charge in [-0.1, -0.05) is 23.2 Å². The number of hydrogen-bond acceptors (Lipinski definition) is 4. The van der Waals surface area contributed by atoms with Gasteiger partial charge in [-0.15, -0.1) is 0 Å². The first kappa shape index (κ1) is 20.9. The van der Waals surface area contributed by atoms with Crippen LogP contribution in [0.4, 0.5) is 5.82 Å². The first-order chi connectivity index (χ1) is 14.8. The highest BCUT2D eigenvalue weighted by Crippen LogP contribution is 2.27. The molecule has 2 aromatic carbocycles. The van der Waals surface area contributed by atoms with Crippen LogP contribution in [0, 0.1) is 27.7 Å². The molecule has 4 aromatic rings. The zero-order valence-corrected chi connectivity index (χ0v) is 18.8. The summed E-state index contributed by atoms with van der Waals surface area (Å²) < 4.78 is 6.96. The number of hydrogen-bond donors (Lipinski definition) is 1. The quantitative estimate of drug-likeness (QED) is 0.456. The molecule has 0 aliphatic rings. The Kier molecular flexibility index (Phi) is 5.41. The SMILES string of the molecule is COc1ccc(Cl)cc1C(=O)Nc1cc(C)nn1-c1cc(C)c2cc(C)cc(C)c2n1. The lowest BCUT2D eigenvalue weighted by Gasteiger charge is -2.13. The number of rotatable bonds is 4. The van der Waals surface area contributed by atoms with Crippen molar-refractivity contribution in [2.24, 2.45) is 0 Å². The molecule has 1 amide bonds. The van der Waals surface area contributed by atoms with Crippen LogP contribution in [0.15, 0.2) is 42.5 Å². The molecule has 0 spiro atoms. The molecule has 2 aromatic heterocycles.